The van der Waals surface area contributed by atoms with Crippen molar-refractivity contribution in [2.24, 2.45) is 0 Å². The molecule has 33 heavy (non-hydrogen) atoms. The van der Waals surface area contributed by atoms with Gasteiger partial charge >= 0.3 is 0 Å². The third-order valence-corrected chi connectivity index (χ3v) is 4.87. The van der Waals surface area contributed by atoms with Crippen molar-refractivity contribution in [1.29, 1.82) is 0 Å². The summed E-state index contributed by atoms with van der Waals surface area (Å²) in [6, 6.07) is 22.2. The number of aliphatic hydroxyl groups excluding tert-OH is 1. The third-order valence-electron chi connectivity index (χ3n) is 4.87. The number of hydrogen-bond acceptors (Lipinski definition) is 5. The minimum absolute atomic E-state index is 0.0198. The molecule has 0 radical (unpaired) electrons. The van der Waals surface area contributed by atoms with Crippen LogP contribution in [0.2, 0.25) is 0 Å². The van der Waals surface area contributed by atoms with Crippen LogP contribution in [0, 0.1) is 0 Å². The predicted octanol–water partition coefficient (Wildman–Crippen LogP) is 4.17. The van der Waals surface area contributed by atoms with E-state index >= 15 is 0 Å². The Kier molecular flexibility index (Phi) is 8.91. The minimum Gasteiger partial charge on any atom is -0.493 e. The fourth-order valence-electron chi connectivity index (χ4n) is 3.16. The SMILES string of the molecule is C=CCc1ccc(OC[C@H](O)COc2cccc(C(=O)NCc3ccccc3)c2)c(OC)c1. The maximum absolute atomic E-state index is 12.4. The van der Waals surface area contributed by atoms with E-state index in [1.807, 2.05) is 54.6 Å². The molecule has 3 rings (SSSR count). The molecule has 3 aromatic carbocycles. The highest BCUT2D eigenvalue weighted by Gasteiger charge is 2.12. The summed E-state index contributed by atoms with van der Waals surface area (Å²) in [6.45, 7) is 4.23. The Hall–Kier alpha value is -3.77. The number of carbonyl (C=O) groups excluding carboxylic acids is 1. The molecule has 3 aromatic rings. The summed E-state index contributed by atoms with van der Waals surface area (Å²) in [6.07, 6.45) is 1.69. The molecule has 0 saturated carbocycles. The van der Waals surface area contributed by atoms with E-state index < -0.39 is 6.10 Å². The van der Waals surface area contributed by atoms with Gasteiger partial charge in [-0.1, -0.05) is 48.5 Å². The summed E-state index contributed by atoms with van der Waals surface area (Å²) >= 11 is 0. The topological polar surface area (TPSA) is 77.0 Å². The lowest BCUT2D eigenvalue weighted by Gasteiger charge is -2.16. The first-order valence-electron chi connectivity index (χ1n) is 10.7. The van der Waals surface area contributed by atoms with Gasteiger partial charge in [-0.15, -0.1) is 6.58 Å². The quantitative estimate of drug-likeness (QED) is 0.408. The number of nitrogens with one attached hydrogen (secondary N) is 1. The van der Waals surface area contributed by atoms with Gasteiger partial charge < -0.3 is 24.6 Å². The fourth-order valence-corrected chi connectivity index (χ4v) is 3.16. The van der Waals surface area contributed by atoms with E-state index in [1.54, 1.807) is 31.4 Å². The van der Waals surface area contributed by atoms with E-state index in [-0.39, 0.29) is 19.1 Å². The number of carbonyl (C=O) groups is 1. The van der Waals surface area contributed by atoms with Crippen LogP contribution in [0.3, 0.4) is 0 Å². The monoisotopic (exact) mass is 447 g/mol. The molecular weight excluding hydrogens is 418 g/mol. The van der Waals surface area contributed by atoms with Gasteiger partial charge in [0.25, 0.3) is 5.91 Å². The number of allylic oxidation sites excluding steroid dienone is 1. The second-order valence-corrected chi connectivity index (χ2v) is 7.45. The normalized spacial score (nSPS) is 11.3. The fraction of sp³-hybridized carbons (Fsp3) is 0.222. The highest BCUT2D eigenvalue weighted by atomic mass is 16.5. The molecule has 6 nitrogen and oxygen atoms in total. The summed E-state index contributed by atoms with van der Waals surface area (Å²) in [5, 5.41) is 13.2. The molecular formula is C27H29NO5. The maximum atomic E-state index is 12.4. The van der Waals surface area contributed by atoms with Crippen molar-refractivity contribution in [2.75, 3.05) is 20.3 Å². The Morgan fingerprint density at radius 2 is 1.76 bits per heavy atom. The minimum atomic E-state index is -0.863. The van der Waals surface area contributed by atoms with Gasteiger partial charge in [-0.3, -0.25) is 4.79 Å². The first-order chi connectivity index (χ1) is 16.1. The van der Waals surface area contributed by atoms with Crippen molar-refractivity contribution in [2.45, 2.75) is 19.1 Å². The van der Waals surface area contributed by atoms with Gasteiger partial charge in [0.15, 0.2) is 11.5 Å². The first-order valence-corrected chi connectivity index (χ1v) is 10.7. The Balaban J connectivity index is 1.48. The number of hydrogen-bond donors (Lipinski definition) is 2. The smallest absolute Gasteiger partial charge is 0.251 e. The average molecular weight is 448 g/mol. The highest BCUT2D eigenvalue weighted by Crippen LogP contribution is 2.28. The summed E-state index contributed by atoms with van der Waals surface area (Å²) in [5.41, 5.74) is 2.57. The lowest BCUT2D eigenvalue weighted by atomic mass is 10.1. The van der Waals surface area contributed by atoms with Crippen LogP contribution in [0.25, 0.3) is 0 Å². The van der Waals surface area contributed by atoms with Crippen LogP contribution >= 0.6 is 0 Å². The van der Waals surface area contributed by atoms with E-state index in [4.69, 9.17) is 14.2 Å². The largest absolute Gasteiger partial charge is 0.493 e. The van der Waals surface area contributed by atoms with Crippen molar-refractivity contribution in [1.82, 2.24) is 5.32 Å². The van der Waals surface area contributed by atoms with Gasteiger partial charge in [0.1, 0.15) is 25.1 Å². The molecule has 2 N–H and O–H groups in total. The lowest BCUT2D eigenvalue weighted by Crippen LogP contribution is -2.25. The molecule has 0 aliphatic rings. The van der Waals surface area contributed by atoms with E-state index in [0.717, 1.165) is 17.5 Å². The Morgan fingerprint density at radius 1 is 0.970 bits per heavy atom. The molecule has 172 valence electrons. The Morgan fingerprint density at radius 3 is 2.52 bits per heavy atom. The lowest BCUT2D eigenvalue weighted by molar-refractivity contribution is 0.0616. The third kappa shape index (κ3) is 7.40. The van der Waals surface area contributed by atoms with Crippen molar-refractivity contribution in [3.63, 3.8) is 0 Å². The number of aliphatic hydroxyl groups is 1. The molecule has 1 atom stereocenters. The summed E-state index contributed by atoms with van der Waals surface area (Å²) in [7, 11) is 1.57. The molecule has 0 heterocycles. The number of amides is 1. The number of ether oxygens (including phenoxy) is 3. The highest BCUT2D eigenvalue weighted by molar-refractivity contribution is 5.94. The summed E-state index contributed by atoms with van der Waals surface area (Å²) < 4.78 is 16.7. The van der Waals surface area contributed by atoms with Gasteiger partial charge in [-0.2, -0.15) is 0 Å². The molecule has 0 aliphatic heterocycles. The number of methoxy groups -OCH3 is 1. The molecule has 0 aromatic heterocycles. The molecule has 0 fully saturated rings. The van der Waals surface area contributed by atoms with Gasteiger partial charge in [0.05, 0.1) is 7.11 Å². The van der Waals surface area contributed by atoms with Gasteiger partial charge in [-0.25, -0.2) is 0 Å². The van der Waals surface area contributed by atoms with E-state index in [9.17, 15) is 9.90 Å². The van der Waals surface area contributed by atoms with Crippen molar-refractivity contribution in [3.05, 3.63) is 102 Å². The molecule has 1 amide bonds. The van der Waals surface area contributed by atoms with E-state index in [0.29, 0.717) is 29.4 Å². The molecule has 0 unspecified atom stereocenters. The van der Waals surface area contributed by atoms with Crippen molar-refractivity contribution in [3.8, 4) is 17.2 Å². The number of rotatable bonds is 12. The van der Waals surface area contributed by atoms with E-state index in [2.05, 4.69) is 11.9 Å². The van der Waals surface area contributed by atoms with E-state index in [1.165, 1.54) is 0 Å². The summed E-state index contributed by atoms with van der Waals surface area (Å²) in [4.78, 5) is 12.4. The van der Waals surface area contributed by atoms with Crippen LogP contribution in [0.1, 0.15) is 21.5 Å². The second-order valence-electron chi connectivity index (χ2n) is 7.45. The molecule has 0 bridgehead atoms. The second kappa shape index (κ2) is 12.3. The zero-order chi connectivity index (χ0) is 23.5. The predicted molar refractivity (Wildman–Crippen MR) is 128 cm³/mol. The van der Waals surface area contributed by atoms with Crippen LogP contribution in [0.4, 0.5) is 0 Å². The summed E-state index contributed by atoms with van der Waals surface area (Å²) in [5.74, 6) is 1.44. The van der Waals surface area contributed by atoms with Crippen LogP contribution in [0.15, 0.2) is 85.5 Å². The van der Waals surface area contributed by atoms with Crippen LogP contribution < -0.4 is 19.5 Å². The van der Waals surface area contributed by atoms with Gasteiger partial charge in [0.2, 0.25) is 0 Å². The Bertz CT molecular complexity index is 1050. The van der Waals surface area contributed by atoms with Crippen LogP contribution in [-0.2, 0) is 13.0 Å². The molecule has 0 spiro atoms. The number of benzene rings is 3. The Labute approximate surface area is 194 Å². The first kappa shape index (κ1) is 23.9. The van der Waals surface area contributed by atoms with Crippen molar-refractivity contribution < 1.29 is 24.1 Å². The molecule has 0 saturated heterocycles. The zero-order valence-electron chi connectivity index (χ0n) is 18.7. The van der Waals surface area contributed by atoms with Gasteiger partial charge in [-0.05, 0) is 47.9 Å². The standard InChI is InChI=1S/C27H29NO5/c1-3-8-20-13-14-25(26(15-20)31-2)33-19-23(29)18-32-24-12-7-11-22(16-24)27(30)28-17-21-9-5-4-6-10-21/h3-7,9-16,23,29H,1,8,17-19H2,2H3,(H,28,30)/t23-/m1/s1. The zero-order valence-corrected chi connectivity index (χ0v) is 18.7. The van der Waals surface area contributed by atoms with Gasteiger partial charge in [0, 0.05) is 12.1 Å². The molecule has 6 heteroatoms. The van der Waals surface area contributed by atoms with Crippen LogP contribution in [-0.4, -0.2) is 37.4 Å². The molecule has 0 aliphatic carbocycles. The average Bonchev–Trinajstić information content (AvgIpc) is 2.86. The van der Waals surface area contributed by atoms with Crippen molar-refractivity contribution >= 4 is 5.91 Å². The maximum Gasteiger partial charge on any atom is 0.251 e. The van der Waals surface area contributed by atoms with Crippen LogP contribution in [0.5, 0.6) is 17.2 Å².